The van der Waals surface area contributed by atoms with Crippen molar-refractivity contribution in [2.24, 2.45) is 0 Å². The van der Waals surface area contributed by atoms with Crippen LogP contribution in [-0.2, 0) is 40.3 Å². The van der Waals surface area contributed by atoms with Crippen LogP contribution in [0.5, 0.6) is 0 Å². The molecule has 0 aliphatic rings. The van der Waals surface area contributed by atoms with Crippen molar-refractivity contribution in [2.45, 2.75) is 37.6 Å². The Labute approximate surface area is 197 Å². The minimum absolute atomic E-state index is 0.0380. The Kier molecular flexibility index (Phi) is 7.41. The lowest BCUT2D eigenvalue weighted by molar-refractivity contribution is -0.167. The largest absolute Gasteiger partial charge is 0.464 e. The number of esters is 2. The molecule has 0 bridgehead atoms. The van der Waals surface area contributed by atoms with E-state index in [1.807, 2.05) is 0 Å². The number of aromatic nitrogens is 1. The SMILES string of the molecule is CCOC(=O)C(Cc1cn(S(=O)(=O)c2ccccc2)c2ccccc12)(NC(C)=O)C(=O)OCC. The number of carbonyl (C=O) groups excluding carboxylic acids is 3. The topological polar surface area (TPSA) is 121 Å². The molecule has 34 heavy (non-hydrogen) atoms. The minimum atomic E-state index is -3.99. The van der Waals surface area contributed by atoms with E-state index < -0.39 is 33.4 Å². The zero-order chi connectivity index (χ0) is 24.9. The van der Waals surface area contributed by atoms with Gasteiger partial charge in [-0.15, -0.1) is 0 Å². The summed E-state index contributed by atoms with van der Waals surface area (Å²) in [4.78, 5) is 38.2. The maximum atomic E-state index is 13.4. The maximum absolute atomic E-state index is 13.4. The van der Waals surface area contributed by atoms with Crippen molar-refractivity contribution in [1.29, 1.82) is 0 Å². The molecular weight excluding hydrogens is 460 g/mol. The van der Waals surface area contributed by atoms with Gasteiger partial charge in [-0.1, -0.05) is 36.4 Å². The van der Waals surface area contributed by atoms with Crippen LogP contribution in [0.2, 0.25) is 0 Å². The highest BCUT2D eigenvalue weighted by Gasteiger charge is 2.50. The fourth-order valence-electron chi connectivity index (χ4n) is 3.73. The van der Waals surface area contributed by atoms with E-state index in [0.717, 1.165) is 10.9 Å². The van der Waals surface area contributed by atoms with Gasteiger partial charge in [0.1, 0.15) is 0 Å². The second-order valence-electron chi connectivity index (χ2n) is 7.49. The molecule has 0 saturated carbocycles. The van der Waals surface area contributed by atoms with Gasteiger partial charge in [0.2, 0.25) is 11.4 Å². The first kappa shape index (κ1) is 25.0. The molecule has 0 unspecified atom stereocenters. The first-order valence-electron chi connectivity index (χ1n) is 10.7. The number of hydrogen-bond donors (Lipinski definition) is 1. The number of para-hydroxylation sites is 1. The van der Waals surface area contributed by atoms with Gasteiger partial charge in [0.15, 0.2) is 0 Å². The fraction of sp³-hybridized carbons (Fsp3) is 0.292. The second kappa shape index (κ2) is 10.1. The van der Waals surface area contributed by atoms with Gasteiger partial charge in [0, 0.05) is 24.9 Å². The average Bonchev–Trinajstić information content (AvgIpc) is 3.18. The molecule has 2 aromatic carbocycles. The van der Waals surface area contributed by atoms with E-state index in [9.17, 15) is 22.8 Å². The van der Waals surface area contributed by atoms with Crippen molar-refractivity contribution in [3.8, 4) is 0 Å². The maximum Gasteiger partial charge on any atom is 0.344 e. The molecule has 3 rings (SSSR count). The summed E-state index contributed by atoms with van der Waals surface area (Å²) in [6.45, 7) is 4.23. The van der Waals surface area contributed by atoms with Crippen molar-refractivity contribution in [3.63, 3.8) is 0 Å². The van der Waals surface area contributed by atoms with Crippen molar-refractivity contribution in [1.82, 2.24) is 9.29 Å². The van der Waals surface area contributed by atoms with Gasteiger partial charge in [-0.2, -0.15) is 0 Å². The van der Waals surface area contributed by atoms with Gasteiger partial charge in [-0.3, -0.25) is 4.79 Å². The molecule has 9 nitrogen and oxygen atoms in total. The van der Waals surface area contributed by atoms with Gasteiger partial charge >= 0.3 is 11.9 Å². The smallest absolute Gasteiger partial charge is 0.344 e. The molecule has 1 N–H and O–H groups in total. The quantitative estimate of drug-likeness (QED) is 0.364. The van der Waals surface area contributed by atoms with E-state index in [0.29, 0.717) is 16.5 Å². The Morgan fingerprint density at radius 1 is 0.912 bits per heavy atom. The van der Waals surface area contributed by atoms with E-state index in [2.05, 4.69) is 5.32 Å². The van der Waals surface area contributed by atoms with Gasteiger partial charge in [-0.25, -0.2) is 22.0 Å². The normalized spacial score (nSPS) is 11.7. The minimum Gasteiger partial charge on any atom is -0.464 e. The zero-order valence-electron chi connectivity index (χ0n) is 19.1. The standard InChI is InChI=1S/C24H26N2O7S/c1-4-32-22(28)24(25-17(3)27,23(29)33-5-2)15-18-16-26(21-14-10-9-13-20(18)21)34(30,31)19-11-7-6-8-12-19/h6-14,16H,4-5,15H2,1-3H3,(H,25,27). The van der Waals surface area contributed by atoms with Crippen molar-refractivity contribution in [3.05, 3.63) is 66.4 Å². The lowest BCUT2D eigenvalue weighted by Gasteiger charge is -2.29. The Balaban J connectivity index is 2.23. The van der Waals surface area contributed by atoms with Crippen molar-refractivity contribution >= 4 is 38.8 Å². The molecule has 0 aliphatic carbocycles. The summed E-state index contributed by atoms with van der Waals surface area (Å²) >= 11 is 0. The van der Waals surface area contributed by atoms with E-state index in [4.69, 9.17) is 9.47 Å². The molecule has 0 saturated heterocycles. The molecule has 1 heterocycles. The van der Waals surface area contributed by atoms with Crippen LogP contribution < -0.4 is 5.32 Å². The second-order valence-corrected chi connectivity index (χ2v) is 9.30. The molecule has 0 aliphatic heterocycles. The van der Waals surface area contributed by atoms with Crippen LogP contribution >= 0.6 is 0 Å². The van der Waals surface area contributed by atoms with E-state index >= 15 is 0 Å². The monoisotopic (exact) mass is 486 g/mol. The Hall–Kier alpha value is -3.66. The van der Waals surface area contributed by atoms with E-state index in [-0.39, 0.29) is 24.5 Å². The average molecular weight is 487 g/mol. The van der Waals surface area contributed by atoms with Crippen molar-refractivity contribution in [2.75, 3.05) is 13.2 Å². The molecule has 0 radical (unpaired) electrons. The summed E-state index contributed by atoms with van der Waals surface area (Å²) in [5, 5.41) is 2.90. The zero-order valence-corrected chi connectivity index (χ0v) is 19.9. The third-order valence-corrected chi connectivity index (χ3v) is 6.84. The van der Waals surface area contributed by atoms with Gasteiger partial charge in [-0.05, 0) is 37.6 Å². The molecule has 1 aromatic heterocycles. The predicted octanol–water partition coefficient (Wildman–Crippen LogP) is 2.42. The number of nitrogens with zero attached hydrogens (tertiary/aromatic N) is 1. The summed E-state index contributed by atoms with van der Waals surface area (Å²) in [5.41, 5.74) is -1.50. The number of nitrogens with one attached hydrogen (secondary N) is 1. The highest BCUT2D eigenvalue weighted by molar-refractivity contribution is 7.90. The molecule has 3 aromatic rings. The Bertz CT molecular complexity index is 1300. The Morgan fingerprint density at radius 2 is 1.47 bits per heavy atom. The first-order valence-corrected chi connectivity index (χ1v) is 12.1. The van der Waals surface area contributed by atoms with Crippen LogP contribution in [0.4, 0.5) is 0 Å². The lowest BCUT2D eigenvalue weighted by Crippen LogP contribution is -2.62. The summed E-state index contributed by atoms with van der Waals surface area (Å²) < 4.78 is 38.1. The number of ether oxygens (including phenoxy) is 2. The molecule has 10 heteroatoms. The van der Waals surface area contributed by atoms with Crippen LogP contribution in [0.25, 0.3) is 10.9 Å². The third kappa shape index (κ3) is 4.67. The summed E-state index contributed by atoms with van der Waals surface area (Å²) in [6.07, 6.45) is 0.976. The van der Waals surface area contributed by atoms with E-state index in [1.54, 1.807) is 56.3 Å². The highest BCUT2D eigenvalue weighted by atomic mass is 32.2. The van der Waals surface area contributed by atoms with Crippen LogP contribution in [0, 0.1) is 0 Å². The Morgan fingerprint density at radius 3 is 2.03 bits per heavy atom. The van der Waals surface area contributed by atoms with Gasteiger partial charge < -0.3 is 14.8 Å². The highest BCUT2D eigenvalue weighted by Crippen LogP contribution is 2.30. The number of fused-ring (bicyclic) bond motifs is 1. The molecule has 0 fully saturated rings. The van der Waals surface area contributed by atoms with Gasteiger partial charge in [0.25, 0.3) is 10.0 Å². The molecule has 180 valence electrons. The van der Waals surface area contributed by atoms with Crippen LogP contribution in [0.15, 0.2) is 65.7 Å². The predicted molar refractivity (Wildman–Crippen MR) is 124 cm³/mol. The number of amides is 1. The number of carbonyl (C=O) groups is 3. The lowest BCUT2D eigenvalue weighted by atomic mass is 9.90. The van der Waals surface area contributed by atoms with Crippen LogP contribution in [0.1, 0.15) is 26.3 Å². The summed E-state index contributed by atoms with van der Waals surface area (Å²) in [6, 6.07) is 14.6. The van der Waals surface area contributed by atoms with E-state index in [1.165, 1.54) is 18.3 Å². The summed E-state index contributed by atoms with van der Waals surface area (Å²) in [5.74, 6) is -2.64. The van der Waals surface area contributed by atoms with Crippen molar-refractivity contribution < 1.29 is 32.3 Å². The molecule has 0 atom stereocenters. The number of rotatable bonds is 9. The number of hydrogen-bond acceptors (Lipinski definition) is 7. The molecule has 0 spiro atoms. The first-order chi connectivity index (χ1) is 16.2. The fourth-order valence-corrected chi connectivity index (χ4v) is 5.14. The van der Waals surface area contributed by atoms with Crippen LogP contribution in [-0.4, -0.2) is 49.0 Å². The molecule has 1 amide bonds. The third-order valence-electron chi connectivity index (χ3n) is 5.15. The number of benzene rings is 2. The molecular formula is C24H26N2O7S. The van der Waals surface area contributed by atoms with Gasteiger partial charge in [0.05, 0.1) is 23.6 Å². The summed E-state index contributed by atoms with van der Waals surface area (Å²) in [7, 11) is -3.99. The van der Waals surface area contributed by atoms with Crippen LogP contribution in [0.3, 0.4) is 0 Å².